The van der Waals surface area contributed by atoms with Crippen molar-refractivity contribution in [2.45, 2.75) is 25.0 Å². The summed E-state index contributed by atoms with van der Waals surface area (Å²) >= 11 is 0. The van der Waals surface area contributed by atoms with Crippen molar-refractivity contribution in [2.24, 2.45) is 5.92 Å². The van der Waals surface area contributed by atoms with E-state index < -0.39 is 36.6 Å². The largest absolute Gasteiger partial charge is 0.457 e. The Morgan fingerprint density at radius 2 is 1.94 bits per heavy atom. The Morgan fingerprint density at radius 3 is 2.50 bits per heavy atom. The number of carbonyl (C=O) groups is 1. The van der Waals surface area contributed by atoms with Gasteiger partial charge in [0, 0.05) is 5.92 Å². The lowest BCUT2D eigenvalue weighted by molar-refractivity contribution is -0.178. The van der Waals surface area contributed by atoms with Gasteiger partial charge in [0.15, 0.2) is 6.10 Å². The summed E-state index contributed by atoms with van der Waals surface area (Å²) in [7, 11) is 0. The van der Waals surface area contributed by atoms with E-state index in [0.717, 1.165) is 0 Å². The molecule has 0 amide bonds. The quantitative estimate of drug-likeness (QED) is 0.767. The van der Waals surface area contributed by atoms with E-state index in [4.69, 9.17) is 9.84 Å². The topological polar surface area (TPSA) is 66.8 Å². The van der Waals surface area contributed by atoms with Gasteiger partial charge in [0.1, 0.15) is 11.9 Å². The van der Waals surface area contributed by atoms with Crippen molar-refractivity contribution in [3.8, 4) is 0 Å². The number of esters is 1. The Morgan fingerprint density at radius 1 is 1.33 bits per heavy atom. The second-order valence-corrected chi connectivity index (χ2v) is 4.51. The lowest BCUT2D eigenvalue weighted by Gasteiger charge is -2.37. The van der Waals surface area contributed by atoms with Crippen molar-refractivity contribution in [3.05, 3.63) is 35.6 Å². The summed E-state index contributed by atoms with van der Waals surface area (Å²) in [5.74, 6) is -1.87. The molecule has 1 aliphatic rings. The Bertz CT molecular complexity index is 431. The SMILES string of the molecule is C[C@@H]1C(=O)O[C@H](CO)[C@H](O)[C@H]1c1ccc(F)cc1. The van der Waals surface area contributed by atoms with Gasteiger partial charge in [-0.3, -0.25) is 4.79 Å². The molecular formula is C13H15FO4. The van der Waals surface area contributed by atoms with E-state index in [1.54, 1.807) is 6.92 Å². The first-order chi connectivity index (χ1) is 8.54. The Kier molecular flexibility index (Phi) is 3.63. The van der Waals surface area contributed by atoms with E-state index in [9.17, 15) is 14.3 Å². The summed E-state index contributed by atoms with van der Waals surface area (Å²) < 4.78 is 17.8. The molecule has 5 heteroatoms. The molecule has 1 saturated heterocycles. The number of carbonyl (C=O) groups excluding carboxylic acids is 1. The van der Waals surface area contributed by atoms with Gasteiger partial charge in [-0.15, -0.1) is 0 Å². The highest BCUT2D eigenvalue weighted by atomic mass is 19.1. The number of hydrogen-bond acceptors (Lipinski definition) is 4. The average molecular weight is 254 g/mol. The van der Waals surface area contributed by atoms with Gasteiger partial charge in [-0.2, -0.15) is 0 Å². The van der Waals surface area contributed by atoms with Crippen LogP contribution in [0.1, 0.15) is 18.4 Å². The molecule has 0 saturated carbocycles. The fourth-order valence-corrected chi connectivity index (χ4v) is 2.32. The first kappa shape index (κ1) is 13.0. The van der Waals surface area contributed by atoms with Crippen LogP contribution in [0.15, 0.2) is 24.3 Å². The summed E-state index contributed by atoms with van der Waals surface area (Å²) in [4.78, 5) is 11.6. The zero-order valence-corrected chi connectivity index (χ0v) is 9.91. The molecule has 0 bridgehead atoms. The van der Waals surface area contributed by atoms with Gasteiger partial charge in [0.25, 0.3) is 0 Å². The Labute approximate surface area is 104 Å². The molecule has 4 atom stereocenters. The summed E-state index contributed by atoms with van der Waals surface area (Å²) in [5.41, 5.74) is 0.659. The maximum absolute atomic E-state index is 12.9. The van der Waals surface area contributed by atoms with Crippen molar-refractivity contribution in [1.82, 2.24) is 0 Å². The van der Waals surface area contributed by atoms with E-state index in [-0.39, 0.29) is 5.82 Å². The van der Waals surface area contributed by atoms with Gasteiger partial charge >= 0.3 is 5.97 Å². The maximum atomic E-state index is 12.9. The molecule has 4 nitrogen and oxygen atoms in total. The van der Waals surface area contributed by atoms with E-state index in [0.29, 0.717) is 5.56 Å². The fourth-order valence-electron chi connectivity index (χ4n) is 2.32. The van der Waals surface area contributed by atoms with Crippen LogP contribution in [0.4, 0.5) is 4.39 Å². The van der Waals surface area contributed by atoms with Crippen LogP contribution >= 0.6 is 0 Å². The molecule has 0 unspecified atom stereocenters. The third-order valence-corrected chi connectivity index (χ3v) is 3.36. The summed E-state index contributed by atoms with van der Waals surface area (Å²) in [6.07, 6.45) is -1.92. The van der Waals surface area contributed by atoms with Crippen LogP contribution in [0.25, 0.3) is 0 Å². The van der Waals surface area contributed by atoms with Crippen LogP contribution in [-0.4, -0.2) is 35.0 Å². The maximum Gasteiger partial charge on any atom is 0.309 e. The summed E-state index contributed by atoms with van der Waals surface area (Å²) in [5, 5.41) is 19.2. The molecule has 18 heavy (non-hydrogen) atoms. The van der Waals surface area contributed by atoms with Crippen molar-refractivity contribution in [1.29, 1.82) is 0 Å². The van der Waals surface area contributed by atoms with Gasteiger partial charge < -0.3 is 14.9 Å². The first-order valence-electron chi connectivity index (χ1n) is 5.79. The van der Waals surface area contributed by atoms with Crippen molar-refractivity contribution >= 4 is 5.97 Å². The number of cyclic esters (lactones) is 1. The van der Waals surface area contributed by atoms with Crippen LogP contribution in [-0.2, 0) is 9.53 Å². The van der Waals surface area contributed by atoms with Crippen molar-refractivity contribution in [2.75, 3.05) is 6.61 Å². The number of benzene rings is 1. The van der Waals surface area contributed by atoms with Gasteiger partial charge in [-0.25, -0.2) is 4.39 Å². The summed E-state index contributed by atoms with van der Waals surface area (Å²) in [6, 6.07) is 5.63. The van der Waals surface area contributed by atoms with Crippen LogP contribution in [0.5, 0.6) is 0 Å². The minimum Gasteiger partial charge on any atom is -0.457 e. The number of aliphatic hydroxyl groups is 2. The highest BCUT2D eigenvalue weighted by molar-refractivity contribution is 5.74. The van der Waals surface area contributed by atoms with Gasteiger partial charge in [-0.1, -0.05) is 19.1 Å². The summed E-state index contributed by atoms with van der Waals surface area (Å²) in [6.45, 7) is 1.21. The van der Waals surface area contributed by atoms with Crippen LogP contribution in [0.2, 0.25) is 0 Å². The molecule has 98 valence electrons. The lowest BCUT2D eigenvalue weighted by Crippen LogP contribution is -2.48. The highest BCUT2D eigenvalue weighted by Gasteiger charge is 2.43. The number of aliphatic hydroxyl groups excluding tert-OH is 2. The number of ether oxygens (including phenoxy) is 1. The second-order valence-electron chi connectivity index (χ2n) is 4.51. The minimum atomic E-state index is -0.992. The average Bonchev–Trinajstić information content (AvgIpc) is 2.36. The van der Waals surface area contributed by atoms with E-state index >= 15 is 0 Å². The Hall–Kier alpha value is -1.46. The molecule has 1 fully saturated rings. The predicted molar refractivity (Wildman–Crippen MR) is 61.3 cm³/mol. The molecule has 0 radical (unpaired) electrons. The molecule has 2 rings (SSSR count). The number of hydrogen-bond donors (Lipinski definition) is 2. The normalized spacial score (nSPS) is 32.1. The molecule has 0 aromatic heterocycles. The number of halogens is 1. The van der Waals surface area contributed by atoms with Gasteiger partial charge in [-0.05, 0) is 17.7 Å². The van der Waals surface area contributed by atoms with E-state index in [1.165, 1.54) is 24.3 Å². The zero-order valence-electron chi connectivity index (χ0n) is 9.91. The third-order valence-electron chi connectivity index (χ3n) is 3.36. The van der Waals surface area contributed by atoms with Crippen LogP contribution in [0, 0.1) is 11.7 Å². The molecule has 0 aliphatic carbocycles. The van der Waals surface area contributed by atoms with Crippen LogP contribution in [0.3, 0.4) is 0 Å². The van der Waals surface area contributed by atoms with Crippen LogP contribution < -0.4 is 0 Å². The van der Waals surface area contributed by atoms with Crippen molar-refractivity contribution < 1.29 is 24.1 Å². The van der Waals surface area contributed by atoms with Gasteiger partial charge in [0.2, 0.25) is 0 Å². The number of rotatable bonds is 2. The fraction of sp³-hybridized carbons (Fsp3) is 0.462. The smallest absolute Gasteiger partial charge is 0.309 e. The monoisotopic (exact) mass is 254 g/mol. The first-order valence-corrected chi connectivity index (χ1v) is 5.79. The molecule has 1 aromatic carbocycles. The Balaban J connectivity index is 2.33. The van der Waals surface area contributed by atoms with E-state index in [2.05, 4.69) is 0 Å². The van der Waals surface area contributed by atoms with Gasteiger partial charge in [0.05, 0.1) is 12.5 Å². The highest BCUT2D eigenvalue weighted by Crippen LogP contribution is 2.35. The molecule has 1 aliphatic heterocycles. The molecule has 0 spiro atoms. The predicted octanol–water partition coefficient (Wildman–Crippen LogP) is 0.824. The molecule has 1 aromatic rings. The van der Waals surface area contributed by atoms with E-state index in [1.807, 2.05) is 0 Å². The van der Waals surface area contributed by atoms with Crippen molar-refractivity contribution in [3.63, 3.8) is 0 Å². The second kappa shape index (κ2) is 5.04. The molecule has 1 heterocycles. The molecular weight excluding hydrogens is 239 g/mol. The molecule has 2 N–H and O–H groups in total. The third kappa shape index (κ3) is 2.23. The lowest BCUT2D eigenvalue weighted by atomic mass is 9.79. The zero-order chi connectivity index (χ0) is 13.3. The standard InChI is InChI=1S/C13H15FO4/c1-7-11(8-2-4-9(14)5-3-8)12(16)10(6-15)18-13(7)17/h2-5,7,10-12,15-16H,6H2,1H3/t7-,10+,11+,12-/m0/s1. The minimum absolute atomic E-state index is 0.377.